The minimum atomic E-state index is -4.00. The lowest BCUT2D eigenvalue weighted by Crippen LogP contribution is -2.30. The Kier molecular flexibility index (Phi) is 4.98. The van der Waals surface area contributed by atoms with E-state index in [1.165, 1.54) is 29.5 Å². The van der Waals surface area contributed by atoms with Crippen LogP contribution < -0.4 is 5.32 Å². The quantitative estimate of drug-likeness (QED) is 0.764. The second-order valence-corrected chi connectivity index (χ2v) is 7.03. The zero-order valence-corrected chi connectivity index (χ0v) is 12.3. The van der Waals surface area contributed by atoms with Crippen LogP contribution in [0, 0.1) is 0 Å². The van der Waals surface area contributed by atoms with E-state index in [0.717, 1.165) is 19.5 Å². The zero-order chi connectivity index (χ0) is 14.6. The van der Waals surface area contributed by atoms with Crippen molar-refractivity contribution in [3.63, 3.8) is 0 Å². The van der Waals surface area contributed by atoms with Gasteiger partial charge in [-0.25, -0.2) is 0 Å². The molecule has 0 radical (unpaired) electrons. The number of rotatable bonds is 1. The van der Waals surface area contributed by atoms with E-state index in [1.807, 2.05) is 0 Å². The fourth-order valence-corrected chi connectivity index (χ4v) is 3.50. The fraction of sp³-hybridized carbons (Fsp3) is 0.308. The Morgan fingerprint density at radius 1 is 1.25 bits per heavy atom. The number of benzene rings is 1. The van der Waals surface area contributed by atoms with Crippen molar-refractivity contribution in [3.05, 3.63) is 42.0 Å². The van der Waals surface area contributed by atoms with E-state index in [0.29, 0.717) is 5.25 Å². The second kappa shape index (κ2) is 6.53. The van der Waals surface area contributed by atoms with Crippen molar-refractivity contribution in [1.82, 2.24) is 5.32 Å². The first-order valence-electron chi connectivity index (χ1n) is 6.11. The maximum absolute atomic E-state index is 10.9. The Morgan fingerprint density at radius 2 is 1.95 bits per heavy atom. The molecular weight excluding hydrogens is 298 g/mol. The highest BCUT2D eigenvalue weighted by atomic mass is 32.2. The minimum Gasteiger partial charge on any atom is -0.313 e. The van der Waals surface area contributed by atoms with E-state index in [9.17, 15) is 13.2 Å². The van der Waals surface area contributed by atoms with Crippen LogP contribution in [-0.2, 0) is 14.9 Å². The highest BCUT2D eigenvalue weighted by molar-refractivity contribution is 8.15. The molecule has 108 valence electrons. The molecule has 20 heavy (non-hydrogen) atoms. The number of hydrogen-bond donors (Lipinski definition) is 2. The van der Waals surface area contributed by atoms with Crippen molar-refractivity contribution in [2.75, 3.05) is 13.1 Å². The van der Waals surface area contributed by atoms with Crippen molar-refractivity contribution < 1.29 is 17.8 Å². The normalized spacial score (nSPS) is 21.6. The van der Waals surface area contributed by atoms with Crippen LogP contribution in [0.4, 0.5) is 0 Å². The molecule has 0 aromatic heterocycles. The van der Waals surface area contributed by atoms with Crippen LogP contribution >= 0.6 is 11.8 Å². The monoisotopic (exact) mass is 313 g/mol. The molecule has 1 aromatic carbocycles. The number of fused-ring (bicyclic) bond motifs is 1. The lowest BCUT2D eigenvalue weighted by Gasteiger charge is -2.19. The zero-order valence-electron chi connectivity index (χ0n) is 10.7. The van der Waals surface area contributed by atoms with Gasteiger partial charge in [-0.2, -0.15) is 8.42 Å². The van der Waals surface area contributed by atoms with Gasteiger partial charge in [0.05, 0.1) is 4.90 Å². The molecule has 2 heterocycles. The Bertz CT molecular complexity index is 611. The van der Waals surface area contributed by atoms with Gasteiger partial charge >= 0.3 is 0 Å². The smallest absolute Gasteiger partial charge is 0.294 e. The lowest BCUT2D eigenvalue weighted by atomic mass is 10.1. The average Bonchev–Trinajstić information content (AvgIpc) is 2.79. The third-order valence-electron chi connectivity index (χ3n) is 2.93. The molecule has 0 amide bonds. The van der Waals surface area contributed by atoms with Crippen LogP contribution in [0.25, 0.3) is 0 Å². The molecule has 3 rings (SSSR count). The van der Waals surface area contributed by atoms with Gasteiger partial charge < -0.3 is 5.32 Å². The van der Waals surface area contributed by atoms with Gasteiger partial charge in [-0.05, 0) is 36.7 Å². The Balaban J connectivity index is 0.000000147. The van der Waals surface area contributed by atoms with Gasteiger partial charge in [0, 0.05) is 11.8 Å². The first-order chi connectivity index (χ1) is 9.47. The van der Waals surface area contributed by atoms with Gasteiger partial charge in [0.25, 0.3) is 10.1 Å². The fourth-order valence-electron chi connectivity index (χ4n) is 1.96. The summed E-state index contributed by atoms with van der Waals surface area (Å²) in [6, 6.07) is 7.42. The van der Waals surface area contributed by atoms with Gasteiger partial charge in [0.1, 0.15) is 0 Å². The van der Waals surface area contributed by atoms with Crippen LogP contribution in [0.1, 0.15) is 6.42 Å². The summed E-state index contributed by atoms with van der Waals surface area (Å²) in [6.07, 6.45) is 2.89. The summed E-state index contributed by atoms with van der Waals surface area (Å²) in [4.78, 5) is 10.8. The molecule has 1 fully saturated rings. The summed E-state index contributed by atoms with van der Waals surface area (Å²) in [7, 11) is -4.00. The molecule has 2 N–H and O–H groups in total. The van der Waals surface area contributed by atoms with E-state index >= 15 is 0 Å². The number of nitrogens with one attached hydrogen (secondary N) is 1. The number of carbonyl (C=O) groups excluding carboxylic acids is 1. The van der Waals surface area contributed by atoms with Crippen LogP contribution in [0.15, 0.2) is 46.9 Å². The summed E-state index contributed by atoms with van der Waals surface area (Å²) in [6.45, 7) is 1.98. The molecule has 1 aromatic rings. The first kappa shape index (κ1) is 15.2. The van der Waals surface area contributed by atoms with Crippen molar-refractivity contribution in [3.8, 4) is 0 Å². The van der Waals surface area contributed by atoms with E-state index in [1.54, 1.807) is 24.3 Å². The number of thioether (sulfide) groups is 1. The van der Waals surface area contributed by atoms with Gasteiger partial charge in [-0.15, -0.1) is 0 Å². The van der Waals surface area contributed by atoms with E-state index in [-0.39, 0.29) is 10.0 Å². The predicted octanol–water partition coefficient (Wildman–Crippen LogP) is 1.48. The van der Waals surface area contributed by atoms with Gasteiger partial charge in [0.2, 0.25) is 5.12 Å². The summed E-state index contributed by atoms with van der Waals surface area (Å²) < 4.78 is 29.2. The number of piperidine rings is 1. The highest BCUT2D eigenvalue weighted by Crippen LogP contribution is 2.31. The minimum absolute atomic E-state index is 0.0741. The topological polar surface area (TPSA) is 83.5 Å². The second-order valence-electron chi connectivity index (χ2n) is 4.40. The van der Waals surface area contributed by atoms with Crippen LogP contribution in [0.3, 0.4) is 0 Å². The lowest BCUT2D eigenvalue weighted by molar-refractivity contribution is -0.106. The van der Waals surface area contributed by atoms with E-state index in [2.05, 4.69) is 5.32 Å². The molecule has 0 aliphatic carbocycles. The third-order valence-corrected chi connectivity index (χ3v) is 4.97. The summed E-state index contributed by atoms with van der Waals surface area (Å²) in [5.41, 5.74) is 1.29. The summed E-state index contributed by atoms with van der Waals surface area (Å²) in [5, 5.41) is 3.99. The van der Waals surface area contributed by atoms with Crippen molar-refractivity contribution in [1.29, 1.82) is 0 Å². The SMILES string of the molecule is O=C1C=C2CNCCC2S1.O=S(=O)(O)c1ccccc1. The summed E-state index contributed by atoms with van der Waals surface area (Å²) >= 11 is 1.48. The molecule has 0 bridgehead atoms. The molecule has 0 saturated carbocycles. The van der Waals surface area contributed by atoms with Gasteiger partial charge in [-0.3, -0.25) is 9.35 Å². The van der Waals surface area contributed by atoms with Crippen molar-refractivity contribution >= 4 is 27.0 Å². The van der Waals surface area contributed by atoms with Gasteiger partial charge in [-0.1, -0.05) is 30.0 Å². The number of carbonyl (C=O) groups is 1. The largest absolute Gasteiger partial charge is 0.313 e. The van der Waals surface area contributed by atoms with Crippen molar-refractivity contribution in [2.24, 2.45) is 0 Å². The Morgan fingerprint density at radius 3 is 2.50 bits per heavy atom. The van der Waals surface area contributed by atoms with Crippen molar-refractivity contribution in [2.45, 2.75) is 16.6 Å². The molecule has 0 spiro atoms. The molecule has 1 saturated heterocycles. The molecule has 2 aliphatic heterocycles. The van der Waals surface area contributed by atoms with Crippen LogP contribution in [0.2, 0.25) is 0 Å². The average molecular weight is 313 g/mol. The maximum atomic E-state index is 10.9. The van der Waals surface area contributed by atoms with E-state index in [4.69, 9.17) is 4.55 Å². The molecular formula is C13H15NO4S2. The molecule has 1 unspecified atom stereocenters. The third kappa shape index (κ3) is 4.17. The maximum Gasteiger partial charge on any atom is 0.294 e. The molecule has 5 nitrogen and oxygen atoms in total. The summed E-state index contributed by atoms with van der Waals surface area (Å²) in [5.74, 6) is 0. The first-order valence-corrected chi connectivity index (χ1v) is 8.43. The predicted molar refractivity (Wildman–Crippen MR) is 78.2 cm³/mol. The number of hydrogen-bond acceptors (Lipinski definition) is 5. The standard InChI is InChI=1S/C7H9NOS.C6H6O3S/c9-7-3-5-4-8-2-1-6(5)10-7;7-10(8,9)6-4-2-1-3-5-6/h3,6,8H,1-2,4H2;1-5H,(H,7,8,9). The Labute approximate surface area is 122 Å². The molecule has 1 atom stereocenters. The Hall–Kier alpha value is -1.15. The van der Waals surface area contributed by atoms with Crippen LogP contribution in [0.5, 0.6) is 0 Å². The molecule has 2 aliphatic rings. The van der Waals surface area contributed by atoms with E-state index < -0.39 is 10.1 Å². The highest BCUT2D eigenvalue weighted by Gasteiger charge is 2.27. The molecule has 7 heteroatoms. The van der Waals surface area contributed by atoms with Crippen LogP contribution in [-0.4, -0.2) is 36.4 Å². The van der Waals surface area contributed by atoms with Gasteiger partial charge in [0.15, 0.2) is 0 Å².